The summed E-state index contributed by atoms with van der Waals surface area (Å²) in [5, 5.41) is 8.43. The molecule has 7 rings (SSSR count). The van der Waals surface area contributed by atoms with E-state index in [0.717, 1.165) is 12.3 Å². The van der Waals surface area contributed by atoms with E-state index in [-0.39, 0.29) is 5.41 Å². The Morgan fingerprint density at radius 3 is 2.41 bits per heavy atom. The Balaban J connectivity index is 1.52. The van der Waals surface area contributed by atoms with Crippen molar-refractivity contribution in [3.63, 3.8) is 0 Å². The van der Waals surface area contributed by atoms with Crippen LogP contribution in [0.3, 0.4) is 0 Å². The fourth-order valence-electron chi connectivity index (χ4n) is 7.39. The lowest BCUT2D eigenvalue weighted by Gasteiger charge is -2.28. The molecule has 1 aliphatic carbocycles. The second-order valence-corrected chi connectivity index (χ2v) is 14.6. The van der Waals surface area contributed by atoms with Gasteiger partial charge in [-0.2, -0.15) is 0 Å². The Bertz CT molecular complexity index is 1800. The average molecular weight is 531 g/mol. The summed E-state index contributed by atoms with van der Waals surface area (Å²) in [7, 11) is 2.23. The summed E-state index contributed by atoms with van der Waals surface area (Å²) in [6, 6.07) is 19.2. The molecule has 0 atom stereocenters. The molecule has 2 heteroatoms. The largest absolute Gasteiger partial charge is 0.222 e. The molecule has 0 spiro atoms. The highest BCUT2D eigenvalue weighted by atomic mass is 32.2. The lowest BCUT2D eigenvalue weighted by Crippen LogP contribution is -2.32. The second kappa shape index (κ2) is 9.10. The molecule has 0 saturated heterocycles. The third kappa shape index (κ3) is 4.18. The van der Waals surface area contributed by atoms with Gasteiger partial charge in [0.25, 0.3) is 0 Å². The van der Waals surface area contributed by atoms with Crippen molar-refractivity contribution in [2.45, 2.75) is 82.9 Å². The van der Waals surface area contributed by atoms with Crippen LogP contribution in [0.25, 0.3) is 43.6 Å². The predicted octanol–water partition coefficient (Wildman–Crippen LogP) is 10.0. The Morgan fingerprint density at radius 2 is 1.64 bits per heavy atom. The molecule has 0 radical (unpaired) electrons. The van der Waals surface area contributed by atoms with Gasteiger partial charge in [-0.1, -0.05) is 100 Å². The summed E-state index contributed by atoms with van der Waals surface area (Å²) in [4.78, 5) is 2.88. The van der Waals surface area contributed by atoms with Crippen molar-refractivity contribution in [3.05, 3.63) is 77.0 Å². The predicted molar refractivity (Wildman–Crippen MR) is 168 cm³/mol. The summed E-state index contributed by atoms with van der Waals surface area (Å²) >= 11 is 2.02. The topological polar surface area (TPSA) is 3.88 Å². The average Bonchev–Trinajstić information content (AvgIpc) is 3.40. The van der Waals surface area contributed by atoms with E-state index in [2.05, 4.69) is 101 Å². The highest BCUT2D eigenvalue weighted by molar-refractivity contribution is 8.00. The van der Waals surface area contributed by atoms with Crippen LogP contribution >= 0.6 is 11.8 Å². The summed E-state index contributed by atoms with van der Waals surface area (Å²) in [6.07, 6.45) is 10.2. The monoisotopic (exact) mass is 530 g/mol. The molecule has 0 bridgehead atoms. The zero-order valence-electron chi connectivity index (χ0n) is 24.4. The Labute approximate surface area is 237 Å². The Hall–Kier alpha value is -2.84. The molecular weight excluding hydrogens is 490 g/mol. The summed E-state index contributed by atoms with van der Waals surface area (Å²) < 4.78 is 2.38. The van der Waals surface area contributed by atoms with Gasteiger partial charge in [0, 0.05) is 21.2 Å². The van der Waals surface area contributed by atoms with E-state index in [9.17, 15) is 0 Å². The quantitative estimate of drug-likeness (QED) is 0.163. The van der Waals surface area contributed by atoms with Crippen molar-refractivity contribution in [2.24, 2.45) is 18.4 Å². The molecule has 0 amide bonds. The first-order valence-corrected chi connectivity index (χ1v) is 15.6. The van der Waals surface area contributed by atoms with Crippen LogP contribution < -0.4 is 4.57 Å². The highest BCUT2D eigenvalue weighted by Gasteiger charge is 2.33. The third-order valence-electron chi connectivity index (χ3n) is 9.20. The Kier molecular flexibility index (Phi) is 5.87. The number of nitrogens with zero attached hydrogens (tertiary/aromatic N) is 1. The number of aryl methyl sites for hydroxylation is 3. The second-order valence-electron chi connectivity index (χ2n) is 13.5. The van der Waals surface area contributed by atoms with Crippen LogP contribution in [0.4, 0.5) is 0 Å². The zero-order valence-corrected chi connectivity index (χ0v) is 25.2. The van der Waals surface area contributed by atoms with E-state index < -0.39 is 0 Å². The van der Waals surface area contributed by atoms with E-state index in [1.807, 2.05) is 11.8 Å². The van der Waals surface area contributed by atoms with Crippen molar-refractivity contribution in [3.8, 4) is 11.3 Å². The van der Waals surface area contributed by atoms with Crippen LogP contribution in [-0.2, 0) is 19.9 Å². The zero-order chi connectivity index (χ0) is 27.1. The van der Waals surface area contributed by atoms with Crippen LogP contribution in [0.2, 0.25) is 0 Å². The minimum atomic E-state index is 0.203. The van der Waals surface area contributed by atoms with E-state index in [1.165, 1.54) is 108 Å². The van der Waals surface area contributed by atoms with E-state index in [4.69, 9.17) is 0 Å². The number of hydrogen-bond acceptors (Lipinski definition) is 1. The summed E-state index contributed by atoms with van der Waals surface area (Å²) in [5.74, 6) is 0.869. The number of pyridine rings is 1. The van der Waals surface area contributed by atoms with Gasteiger partial charge in [0.1, 0.15) is 7.05 Å². The molecule has 1 saturated carbocycles. The summed E-state index contributed by atoms with van der Waals surface area (Å²) in [6.45, 7) is 11.7. The van der Waals surface area contributed by atoms with Crippen LogP contribution in [0, 0.1) is 25.2 Å². The SMILES string of the molecule is Cc1ccc2c(CC(C)(C)C)c3c(c(C)c2c1)-c1c2c(cc4cc(CC5CCCC5)ccc4c2cc[n+]1C)S3. The lowest BCUT2D eigenvalue weighted by molar-refractivity contribution is -0.659. The fourth-order valence-corrected chi connectivity index (χ4v) is 8.76. The van der Waals surface area contributed by atoms with Gasteiger partial charge >= 0.3 is 0 Å². The number of aromatic nitrogens is 1. The molecule has 39 heavy (non-hydrogen) atoms. The molecule has 5 aromatic rings. The molecule has 1 aliphatic heterocycles. The van der Waals surface area contributed by atoms with Gasteiger partial charge in [-0.3, -0.25) is 0 Å². The molecule has 1 aromatic heterocycles. The normalized spacial score (nSPS) is 15.5. The maximum atomic E-state index is 2.50. The molecule has 198 valence electrons. The van der Waals surface area contributed by atoms with E-state index in [0.29, 0.717) is 0 Å². The first kappa shape index (κ1) is 25.1. The van der Waals surface area contributed by atoms with Crippen molar-refractivity contribution in [1.29, 1.82) is 0 Å². The Morgan fingerprint density at radius 1 is 0.872 bits per heavy atom. The van der Waals surface area contributed by atoms with Gasteiger partial charge < -0.3 is 0 Å². The van der Waals surface area contributed by atoms with Crippen LogP contribution in [0.15, 0.2) is 64.5 Å². The van der Waals surface area contributed by atoms with Gasteiger partial charge in [0.2, 0.25) is 5.69 Å². The van der Waals surface area contributed by atoms with Crippen LogP contribution in [-0.4, -0.2) is 0 Å². The van der Waals surface area contributed by atoms with Gasteiger partial charge in [0.15, 0.2) is 6.20 Å². The fraction of sp³-hybridized carbons (Fsp3) is 0.378. The standard InChI is InChI=1S/C37H40NS/c1-22-11-13-28-30(17-22)23(2)33-35-34-29(15-16-38(35)6)27-14-12-25(18-24-9-7-8-10-24)19-26(27)20-32(34)39-36(33)31(28)21-37(3,4)5/h11-17,19-20,24H,7-10,18,21H2,1-6H3/q+1. The van der Waals surface area contributed by atoms with Gasteiger partial charge in [-0.25, -0.2) is 4.57 Å². The number of benzene rings is 4. The van der Waals surface area contributed by atoms with Gasteiger partial charge in [-0.15, -0.1) is 0 Å². The first-order chi connectivity index (χ1) is 18.7. The van der Waals surface area contributed by atoms with Crippen LogP contribution in [0.1, 0.15) is 68.7 Å². The maximum absolute atomic E-state index is 2.50. The summed E-state index contributed by atoms with van der Waals surface area (Å²) in [5.41, 5.74) is 8.79. The number of rotatable bonds is 3. The molecule has 1 fully saturated rings. The minimum absolute atomic E-state index is 0.203. The molecular formula is C37H40NS+. The molecule has 1 nitrogen and oxygen atoms in total. The smallest absolute Gasteiger partial charge is 0.200 e. The highest BCUT2D eigenvalue weighted by Crippen LogP contribution is 2.53. The van der Waals surface area contributed by atoms with E-state index >= 15 is 0 Å². The van der Waals surface area contributed by atoms with E-state index in [1.54, 1.807) is 0 Å². The van der Waals surface area contributed by atoms with Crippen molar-refractivity contribution < 1.29 is 4.57 Å². The van der Waals surface area contributed by atoms with Gasteiger partial charge in [-0.05, 0) is 82.3 Å². The number of hydrogen-bond donors (Lipinski definition) is 0. The molecule has 4 aromatic carbocycles. The molecule has 2 heterocycles. The third-order valence-corrected chi connectivity index (χ3v) is 10.4. The minimum Gasteiger partial charge on any atom is -0.200 e. The van der Waals surface area contributed by atoms with Gasteiger partial charge in [0.05, 0.1) is 10.9 Å². The first-order valence-electron chi connectivity index (χ1n) is 14.8. The molecule has 0 unspecified atom stereocenters. The maximum Gasteiger partial charge on any atom is 0.222 e. The molecule has 0 N–H and O–H groups in total. The van der Waals surface area contributed by atoms with Crippen molar-refractivity contribution in [2.75, 3.05) is 0 Å². The lowest BCUT2D eigenvalue weighted by atomic mass is 9.82. The van der Waals surface area contributed by atoms with Crippen molar-refractivity contribution >= 4 is 44.1 Å². The van der Waals surface area contributed by atoms with Crippen molar-refractivity contribution in [1.82, 2.24) is 0 Å². The number of fused-ring (bicyclic) bond motifs is 5. The van der Waals surface area contributed by atoms with Crippen LogP contribution in [0.5, 0.6) is 0 Å². The molecule has 2 aliphatic rings.